The highest BCUT2D eigenvalue weighted by Crippen LogP contribution is 2.22. The van der Waals surface area contributed by atoms with Gasteiger partial charge >= 0.3 is 5.97 Å². The van der Waals surface area contributed by atoms with Crippen molar-refractivity contribution in [2.75, 3.05) is 26.2 Å². The third-order valence-corrected chi connectivity index (χ3v) is 5.99. The first-order valence-corrected chi connectivity index (χ1v) is 12.5. The fourth-order valence-electron chi connectivity index (χ4n) is 3.68. The first kappa shape index (κ1) is 27.7. The molecule has 0 aromatic heterocycles. The Morgan fingerprint density at radius 1 is 1.03 bits per heavy atom. The van der Waals surface area contributed by atoms with Crippen LogP contribution in [0.3, 0.4) is 0 Å². The lowest BCUT2D eigenvalue weighted by Gasteiger charge is -2.29. The van der Waals surface area contributed by atoms with E-state index in [0.29, 0.717) is 37.6 Å². The van der Waals surface area contributed by atoms with E-state index in [9.17, 15) is 9.59 Å². The van der Waals surface area contributed by atoms with Gasteiger partial charge in [0.25, 0.3) is 0 Å². The van der Waals surface area contributed by atoms with E-state index in [2.05, 4.69) is 24.1 Å². The number of benzene rings is 2. The molecular weight excluding hydrogens is 452 g/mol. The van der Waals surface area contributed by atoms with Gasteiger partial charge < -0.3 is 15.2 Å². The number of hydrogen-bond acceptors (Lipinski definition) is 4. The lowest BCUT2D eigenvalue weighted by Crippen LogP contribution is -2.33. The maximum Gasteiger partial charge on any atom is 0.303 e. The van der Waals surface area contributed by atoms with E-state index >= 15 is 0 Å². The third-order valence-electron chi connectivity index (χ3n) is 5.74. The highest BCUT2D eigenvalue weighted by Gasteiger charge is 2.16. The number of hydrogen-bond donors (Lipinski definition) is 2. The number of carboxylic acids is 1. The molecule has 0 aliphatic heterocycles. The first-order chi connectivity index (χ1) is 16.4. The Kier molecular flexibility index (Phi) is 12.5. The Labute approximate surface area is 208 Å². The second kappa shape index (κ2) is 15.4. The van der Waals surface area contributed by atoms with Gasteiger partial charge in [0.05, 0.1) is 13.0 Å². The van der Waals surface area contributed by atoms with E-state index in [-0.39, 0.29) is 18.4 Å². The van der Waals surface area contributed by atoms with Gasteiger partial charge in [-0.05, 0) is 68.1 Å². The zero-order valence-electron chi connectivity index (χ0n) is 20.3. The average Bonchev–Trinajstić information content (AvgIpc) is 2.82. The SMILES string of the molecule is CCCCOc1ccc(CC(=O)NCCCN(CCCC(=O)O)C(C)c2ccc(Cl)cc2)cc1. The second-order valence-electron chi connectivity index (χ2n) is 8.49. The number of halogens is 1. The van der Waals surface area contributed by atoms with Crippen molar-refractivity contribution in [3.8, 4) is 5.75 Å². The summed E-state index contributed by atoms with van der Waals surface area (Å²) in [5, 5.41) is 12.7. The smallest absolute Gasteiger partial charge is 0.303 e. The highest BCUT2D eigenvalue weighted by atomic mass is 35.5. The van der Waals surface area contributed by atoms with Gasteiger partial charge in [0.15, 0.2) is 0 Å². The Balaban J connectivity index is 1.79. The van der Waals surface area contributed by atoms with Gasteiger partial charge in [-0.25, -0.2) is 0 Å². The van der Waals surface area contributed by atoms with E-state index in [1.54, 1.807) is 0 Å². The maximum atomic E-state index is 12.4. The largest absolute Gasteiger partial charge is 0.494 e. The van der Waals surface area contributed by atoms with Crippen LogP contribution in [-0.2, 0) is 16.0 Å². The van der Waals surface area contributed by atoms with E-state index in [1.807, 2.05) is 48.5 Å². The van der Waals surface area contributed by atoms with Crippen molar-refractivity contribution in [1.29, 1.82) is 0 Å². The Morgan fingerprint density at radius 3 is 2.35 bits per heavy atom. The van der Waals surface area contributed by atoms with Crippen LogP contribution >= 0.6 is 11.6 Å². The molecule has 0 fully saturated rings. The molecule has 0 aliphatic carbocycles. The molecule has 2 aromatic rings. The summed E-state index contributed by atoms with van der Waals surface area (Å²) >= 11 is 6.01. The number of nitrogens with zero attached hydrogens (tertiary/aromatic N) is 1. The molecule has 0 radical (unpaired) electrons. The molecule has 0 saturated carbocycles. The van der Waals surface area contributed by atoms with Gasteiger partial charge in [0, 0.05) is 30.6 Å². The van der Waals surface area contributed by atoms with Crippen molar-refractivity contribution >= 4 is 23.5 Å². The molecule has 1 amide bonds. The van der Waals surface area contributed by atoms with Crippen LogP contribution in [0.15, 0.2) is 48.5 Å². The Hall–Kier alpha value is -2.57. The molecule has 2 aromatic carbocycles. The van der Waals surface area contributed by atoms with Crippen LogP contribution in [0.5, 0.6) is 5.75 Å². The van der Waals surface area contributed by atoms with Crippen LogP contribution in [-0.4, -0.2) is 48.1 Å². The lowest BCUT2D eigenvalue weighted by atomic mass is 10.1. The van der Waals surface area contributed by atoms with Crippen molar-refractivity contribution in [2.45, 2.75) is 58.4 Å². The average molecular weight is 489 g/mol. The van der Waals surface area contributed by atoms with Crippen molar-refractivity contribution in [2.24, 2.45) is 0 Å². The van der Waals surface area contributed by atoms with Crippen LogP contribution in [0.2, 0.25) is 5.02 Å². The molecule has 6 nitrogen and oxygen atoms in total. The standard InChI is InChI=1S/C27H37ClN2O4/c1-3-4-19-34-25-14-8-22(9-15-25)20-26(31)29-16-6-18-30(17-5-7-27(32)33)21(2)23-10-12-24(28)13-11-23/h8-15,21H,3-7,16-20H2,1-2H3,(H,29,31)(H,32,33). The van der Waals surface area contributed by atoms with E-state index < -0.39 is 5.97 Å². The van der Waals surface area contributed by atoms with E-state index in [1.165, 1.54) is 0 Å². The fourth-order valence-corrected chi connectivity index (χ4v) is 3.81. The number of carbonyl (C=O) groups excluding carboxylic acids is 1. The summed E-state index contributed by atoms with van der Waals surface area (Å²) < 4.78 is 5.66. The summed E-state index contributed by atoms with van der Waals surface area (Å²) in [4.78, 5) is 25.5. The normalized spacial score (nSPS) is 11.9. The summed E-state index contributed by atoms with van der Waals surface area (Å²) in [6.07, 6.45) is 3.96. The molecule has 0 heterocycles. The summed E-state index contributed by atoms with van der Waals surface area (Å²) in [7, 11) is 0. The molecule has 2 N–H and O–H groups in total. The number of unbranched alkanes of at least 4 members (excludes halogenated alkanes) is 1. The summed E-state index contributed by atoms with van der Waals surface area (Å²) in [5.74, 6) is 0.0325. The van der Waals surface area contributed by atoms with Crippen molar-refractivity contribution in [1.82, 2.24) is 10.2 Å². The molecule has 34 heavy (non-hydrogen) atoms. The molecule has 0 aliphatic rings. The molecule has 7 heteroatoms. The van der Waals surface area contributed by atoms with E-state index in [4.69, 9.17) is 21.4 Å². The zero-order valence-corrected chi connectivity index (χ0v) is 21.0. The topological polar surface area (TPSA) is 78.9 Å². The predicted octanol–water partition coefficient (Wildman–Crippen LogP) is 5.50. The maximum absolute atomic E-state index is 12.4. The number of carboxylic acid groups (broad SMARTS) is 1. The Bertz CT molecular complexity index is 871. The van der Waals surface area contributed by atoms with E-state index in [0.717, 1.165) is 42.7 Å². The number of carbonyl (C=O) groups is 2. The minimum Gasteiger partial charge on any atom is -0.494 e. The fraction of sp³-hybridized carbons (Fsp3) is 0.481. The number of rotatable bonds is 16. The number of amides is 1. The van der Waals surface area contributed by atoms with Crippen LogP contribution < -0.4 is 10.1 Å². The van der Waals surface area contributed by atoms with Gasteiger partial charge in [-0.3, -0.25) is 14.5 Å². The lowest BCUT2D eigenvalue weighted by molar-refractivity contribution is -0.137. The predicted molar refractivity (Wildman–Crippen MR) is 136 cm³/mol. The van der Waals surface area contributed by atoms with Crippen LogP contribution in [0.4, 0.5) is 0 Å². The van der Waals surface area contributed by atoms with Crippen molar-refractivity contribution in [3.63, 3.8) is 0 Å². The number of aliphatic carboxylic acids is 1. The molecule has 0 spiro atoms. The monoisotopic (exact) mass is 488 g/mol. The zero-order chi connectivity index (χ0) is 24.8. The molecule has 1 atom stereocenters. The minimum absolute atomic E-state index is 0.0113. The Morgan fingerprint density at radius 2 is 1.71 bits per heavy atom. The first-order valence-electron chi connectivity index (χ1n) is 12.1. The quantitative estimate of drug-likeness (QED) is 0.305. The second-order valence-corrected chi connectivity index (χ2v) is 8.92. The van der Waals surface area contributed by atoms with Crippen molar-refractivity contribution in [3.05, 3.63) is 64.7 Å². The highest BCUT2D eigenvalue weighted by molar-refractivity contribution is 6.30. The molecule has 2 rings (SSSR count). The molecule has 0 bridgehead atoms. The van der Waals surface area contributed by atoms with Crippen LogP contribution in [0.1, 0.15) is 63.1 Å². The minimum atomic E-state index is -0.785. The molecule has 0 saturated heterocycles. The molecule has 1 unspecified atom stereocenters. The number of nitrogens with one attached hydrogen (secondary N) is 1. The third kappa shape index (κ3) is 10.6. The van der Waals surface area contributed by atoms with Gasteiger partial charge in [-0.2, -0.15) is 0 Å². The summed E-state index contributed by atoms with van der Waals surface area (Å²) in [5.41, 5.74) is 2.08. The van der Waals surface area contributed by atoms with Gasteiger partial charge in [-0.15, -0.1) is 0 Å². The molecular formula is C27H37ClN2O4. The van der Waals surface area contributed by atoms with Gasteiger partial charge in [0.2, 0.25) is 5.91 Å². The van der Waals surface area contributed by atoms with Crippen LogP contribution in [0, 0.1) is 0 Å². The molecule has 186 valence electrons. The summed E-state index contributed by atoms with van der Waals surface area (Å²) in [6.45, 7) is 6.95. The van der Waals surface area contributed by atoms with Crippen molar-refractivity contribution < 1.29 is 19.4 Å². The van der Waals surface area contributed by atoms with Crippen LogP contribution in [0.25, 0.3) is 0 Å². The summed E-state index contributed by atoms with van der Waals surface area (Å²) in [6, 6.07) is 15.5. The van der Waals surface area contributed by atoms with Gasteiger partial charge in [0.1, 0.15) is 5.75 Å². The van der Waals surface area contributed by atoms with Gasteiger partial charge in [-0.1, -0.05) is 49.2 Å². The number of ether oxygens (including phenoxy) is 1.